The molecule has 0 aliphatic carbocycles. The Morgan fingerprint density at radius 1 is 1.27 bits per heavy atom. The highest BCUT2D eigenvalue weighted by Gasteiger charge is 2.00. The first-order chi connectivity index (χ1) is 5.15. The zero-order chi connectivity index (χ0) is 8.43. The van der Waals surface area contributed by atoms with E-state index in [-0.39, 0.29) is 0 Å². The summed E-state index contributed by atoms with van der Waals surface area (Å²) in [6, 6.07) is 3.73. The Hall–Kier alpha value is -0.630. The van der Waals surface area contributed by atoms with Gasteiger partial charge >= 0.3 is 0 Å². The molecule has 0 aliphatic heterocycles. The van der Waals surface area contributed by atoms with E-state index in [1.807, 2.05) is 26.0 Å². The Bertz CT molecular complexity index is 269. The molecule has 1 rings (SSSR count). The maximum atomic E-state index is 10.4. The van der Waals surface area contributed by atoms with Crippen molar-refractivity contribution in [2.45, 2.75) is 13.8 Å². The van der Waals surface area contributed by atoms with Crippen molar-refractivity contribution < 1.29 is 4.79 Å². The highest BCUT2D eigenvalue weighted by molar-refractivity contribution is 9.10. The number of hydrogen-bond acceptors (Lipinski definition) is 1. The van der Waals surface area contributed by atoms with Crippen LogP contribution in [0.3, 0.4) is 0 Å². The minimum atomic E-state index is 0.739. The third kappa shape index (κ3) is 1.69. The van der Waals surface area contributed by atoms with Gasteiger partial charge in [-0.3, -0.25) is 4.79 Å². The number of hydrogen-bond donors (Lipinski definition) is 0. The van der Waals surface area contributed by atoms with E-state index in [4.69, 9.17) is 0 Å². The quantitative estimate of drug-likeness (QED) is 0.655. The second-order valence-corrected chi connectivity index (χ2v) is 3.38. The van der Waals surface area contributed by atoms with E-state index in [1.165, 1.54) is 0 Å². The van der Waals surface area contributed by atoms with Gasteiger partial charge in [-0.1, -0.05) is 15.9 Å². The van der Waals surface area contributed by atoms with Crippen molar-refractivity contribution in [1.29, 1.82) is 0 Å². The molecular formula is C9H9BrO. The van der Waals surface area contributed by atoms with Crippen molar-refractivity contribution in [3.05, 3.63) is 33.3 Å². The first kappa shape index (κ1) is 8.47. The predicted octanol–water partition coefficient (Wildman–Crippen LogP) is 2.88. The molecule has 0 radical (unpaired) electrons. The average molecular weight is 213 g/mol. The van der Waals surface area contributed by atoms with Crippen molar-refractivity contribution in [3.63, 3.8) is 0 Å². The standard InChI is InChI=1S/C9H9BrO/c1-6-3-8(5-11)4-7(2)9(6)10/h3-5H,1-2H3. The lowest BCUT2D eigenvalue weighted by Gasteiger charge is -2.02. The highest BCUT2D eigenvalue weighted by Crippen LogP contribution is 2.21. The topological polar surface area (TPSA) is 17.1 Å². The van der Waals surface area contributed by atoms with Crippen LogP contribution in [0, 0.1) is 13.8 Å². The maximum absolute atomic E-state index is 10.4. The third-order valence-corrected chi connectivity index (χ3v) is 2.85. The number of aldehydes is 1. The predicted molar refractivity (Wildman–Crippen MR) is 49.0 cm³/mol. The van der Waals surface area contributed by atoms with Crippen LogP contribution in [0.1, 0.15) is 21.5 Å². The van der Waals surface area contributed by atoms with Crippen LogP contribution in [0.25, 0.3) is 0 Å². The average Bonchev–Trinajstić information content (AvgIpc) is 1.99. The molecule has 0 atom stereocenters. The summed E-state index contributed by atoms with van der Waals surface area (Å²) in [4.78, 5) is 10.4. The molecule has 0 unspecified atom stereocenters. The van der Waals surface area contributed by atoms with Crippen molar-refractivity contribution in [1.82, 2.24) is 0 Å². The van der Waals surface area contributed by atoms with Crippen LogP contribution < -0.4 is 0 Å². The fourth-order valence-corrected chi connectivity index (χ4v) is 1.28. The molecule has 0 fully saturated rings. The van der Waals surface area contributed by atoms with Crippen LogP contribution in [-0.4, -0.2) is 6.29 Å². The fourth-order valence-electron chi connectivity index (χ4n) is 1.05. The largest absolute Gasteiger partial charge is 0.298 e. The van der Waals surface area contributed by atoms with Gasteiger partial charge < -0.3 is 0 Å². The molecule has 0 amide bonds. The first-order valence-electron chi connectivity index (χ1n) is 3.37. The molecule has 0 N–H and O–H groups in total. The third-order valence-electron chi connectivity index (χ3n) is 1.59. The van der Waals surface area contributed by atoms with Crippen LogP contribution in [0.2, 0.25) is 0 Å². The number of rotatable bonds is 1. The second kappa shape index (κ2) is 3.18. The Labute approximate surface area is 74.6 Å². The molecule has 1 nitrogen and oxygen atoms in total. The van der Waals surface area contributed by atoms with Crippen LogP contribution in [0.4, 0.5) is 0 Å². The lowest BCUT2D eigenvalue weighted by Crippen LogP contribution is -1.86. The van der Waals surface area contributed by atoms with Crippen molar-refractivity contribution >= 4 is 22.2 Å². The van der Waals surface area contributed by atoms with Gasteiger partial charge in [0.2, 0.25) is 0 Å². The Balaban J connectivity index is 3.31. The zero-order valence-corrected chi connectivity index (χ0v) is 8.10. The van der Waals surface area contributed by atoms with E-state index < -0.39 is 0 Å². The van der Waals surface area contributed by atoms with E-state index in [2.05, 4.69) is 15.9 Å². The molecule has 0 bridgehead atoms. The highest BCUT2D eigenvalue weighted by atomic mass is 79.9. The SMILES string of the molecule is Cc1cc(C=O)cc(C)c1Br. The molecule has 1 aromatic carbocycles. The minimum Gasteiger partial charge on any atom is -0.298 e. The van der Waals surface area contributed by atoms with Gasteiger partial charge in [0.05, 0.1) is 0 Å². The molecule has 1 aromatic rings. The summed E-state index contributed by atoms with van der Waals surface area (Å²) >= 11 is 3.43. The van der Waals surface area contributed by atoms with Crippen LogP contribution >= 0.6 is 15.9 Å². The summed E-state index contributed by atoms with van der Waals surface area (Å²) in [6.45, 7) is 3.95. The molecule has 0 heterocycles. The number of aryl methyl sites for hydroxylation is 2. The molecule has 0 saturated carbocycles. The summed E-state index contributed by atoms with van der Waals surface area (Å²) in [7, 11) is 0. The number of benzene rings is 1. The second-order valence-electron chi connectivity index (χ2n) is 2.59. The van der Waals surface area contributed by atoms with E-state index in [0.717, 1.165) is 27.4 Å². The van der Waals surface area contributed by atoms with Gasteiger partial charge in [-0.25, -0.2) is 0 Å². The van der Waals surface area contributed by atoms with Crippen LogP contribution in [0.5, 0.6) is 0 Å². The normalized spacial score (nSPS) is 9.73. The van der Waals surface area contributed by atoms with Gasteiger partial charge in [0.25, 0.3) is 0 Å². The smallest absolute Gasteiger partial charge is 0.150 e. The minimum absolute atomic E-state index is 0.739. The molecule has 11 heavy (non-hydrogen) atoms. The monoisotopic (exact) mass is 212 g/mol. The van der Waals surface area contributed by atoms with E-state index in [0.29, 0.717) is 0 Å². The summed E-state index contributed by atoms with van der Waals surface area (Å²) in [5.74, 6) is 0. The van der Waals surface area contributed by atoms with Crippen molar-refractivity contribution in [2.75, 3.05) is 0 Å². The molecule has 58 valence electrons. The Kier molecular flexibility index (Phi) is 2.45. The maximum Gasteiger partial charge on any atom is 0.150 e. The Morgan fingerprint density at radius 2 is 1.73 bits per heavy atom. The molecular weight excluding hydrogens is 204 g/mol. The zero-order valence-electron chi connectivity index (χ0n) is 6.52. The lowest BCUT2D eigenvalue weighted by molar-refractivity contribution is 0.112. The van der Waals surface area contributed by atoms with E-state index in [1.54, 1.807) is 0 Å². The van der Waals surface area contributed by atoms with E-state index >= 15 is 0 Å². The van der Waals surface area contributed by atoms with Gasteiger partial charge in [0.1, 0.15) is 6.29 Å². The van der Waals surface area contributed by atoms with E-state index in [9.17, 15) is 4.79 Å². The summed E-state index contributed by atoms with van der Waals surface area (Å²) in [6.07, 6.45) is 0.868. The molecule has 0 aliphatic rings. The lowest BCUT2D eigenvalue weighted by atomic mass is 10.1. The van der Waals surface area contributed by atoms with Gasteiger partial charge in [0, 0.05) is 10.0 Å². The van der Waals surface area contributed by atoms with Gasteiger partial charge in [-0.15, -0.1) is 0 Å². The van der Waals surface area contributed by atoms with Gasteiger partial charge in [-0.05, 0) is 37.1 Å². The number of halogens is 1. The van der Waals surface area contributed by atoms with Gasteiger partial charge in [-0.2, -0.15) is 0 Å². The molecule has 0 spiro atoms. The first-order valence-corrected chi connectivity index (χ1v) is 4.16. The molecule has 2 heteroatoms. The summed E-state index contributed by atoms with van der Waals surface area (Å²) in [5, 5.41) is 0. The summed E-state index contributed by atoms with van der Waals surface area (Å²) < 4.78 is 1.09. The molecule has 0 saturated heterocycles. The van der Waals surface area contributed by atoms with Crippen LogP contribution in [0.15, 0.2) is 16.6 Å². The number of carbonyl (C=O) groups excluding carboxylic acids is 1. The van der Waals surface area contributed by atoms with Crippen molar-refractivity contribution in [3.8, 4) is 0 Å². The fraction of sp³-hybridized carbons (Fsp3) is 0.222. The Morgan fingerprint density at radius 3 is 2.09 bits per heavy atom. The van der Waals surface area contributed by atoms with Crippen molar-refractivity contribution in [2.24, 2.45) is 0 Å². The summed E-state index contributed by atoms with van der Waals surface area (Å²) in [5.41, 5.74) is 2.95. The van der Waals surface area contributed by atoms with Crippen LogP contribution in [-0.2, 0) is 0 Å². The number of carbonyl (C=O) groups is 1. The van der Waals surface area contributed by atoms with Gasteiger partial charge in [0.15, 0.2) is 0 Å². The molecule has 0 aromatic heterocycles.